The maximum absolute atomic E-state index is 5.64. The summed E-state index contributed by atoms with van der Waals surface area (Å²) in [6, 6.07) is 3.96. The molecular weight excluding hydrogens is 200 g/mol. The first-order valence-corrected chi connectivity index (χ1v) is 5.69. The van der Waals surface area contributed by atoms with Crippen LogP contribution in [-0.2, 0) is 6.54 Å². The van der Waals surface area contributed by atoms with Gasteiger partial charge in [0.2, 0.25) is 0 Å². The van der Waals surface area contributed by atoms with Gasteiger partial charge in [0, 0.05) is 12.2 Å². The number of pyridine rings is 1. The molecule has 0 atom stereocenters. The molecule has 0 saturated carbocycles. The molecule has 0 fully saturated rings. The minimum Gasteiger partial charge on any atom is -0.488 e. The number of nitrogens with zero attached hydrogens (tertiary/aromatic N) is 1. The monoisotopic (exact) mass is 220 g/mol. The van der Waals surface area contributed by atoms with Crippen molar-refractivity contribution in [3.05, 3.63) is 35.7 Å². The summed E-state index contributed by atoms with van der Waals surface area (Å²) < 4.78 is 5.64. The number of allylic oxidation sites excluding steroid dienone is 1. The standard InChI is InChI=1S/C13H20N2O/c1-4-6-9-16-13-8-7-11(3)15-12(13)10-14-5-2/h4,6-8,14H,5,9-10H2,1-3H3. The molecule has 16 heavy (non-hydrogen) atoms. The normalized spacial score (nSPS) is 10.9. The average Bonchev–Trinajstić information content (AvgIpc) is 2.29. The molecule has 0 saturated heterocycles. The van der Waals surface area contributed by atoms with Crippen molar-refractivity contribution in [1.82, 2.24) is 10.3 Å². The van der Waals surface area contributed by atoms with Gasteiger partial charge in [-0.1, -0.05) is 19.1 Å². The summed E-state index contributed by atoms with van der Waals surface area (Å²) in [6.07, 6.45) is 3.96. The van der Waals surface area contributed by atoms with Crippen molar-refractivity contribution < 1.29 is 4.74 Å². The van der Waals surface area contributed by atoms with Gasteiger partial charge in [-0.3, -0.25) is 4.98 Å². The predicted molar refractivity (Wildman–Crippen MR) is 66.7 cm³/mol. The van der Waals surface area contributed by atoms with E-state index >= 15 is 0 Å². The van der Waals surface area contributed by atoms with Gasteiger partial charge in [-0.05, 0) is 32.5 Å². The molecule has 0 bridgehead atoms. The number of hydrogen-bond acceptors (Lipinski definition) is 3. The van der Waals surface area contributed by atoms with Crippen LogP contribution in [0.15, 0.2) is 24.3 Å². The first-order chi connectivity index (χ1) is 7.77. The Morgan fingerprint density at radius 1 is 1.44 bits per heavy atom. The second kappa shape index (κ2) is 7.01. The molecule has 1 N–H and O–H groups in total. The van der Waals surface area contributed by atoms with Gasteiger partial charge >= 0.3 is 0 Å². The SMILES string of the molecule is CC=CCOc1ccc(C)nc1CNCC. The van der Waals surface area contributed by atoms with E-state index in [9.17, 15) is 0 Å². The fourth-order valence-corrected chi connectivity index (χ4v) is 1.33. The number of hydrogen-bond donors (Lipinski definition) is 1. The van der Waals surface area contributed by atoms with Crippen molar-refractivity contribution in [2.45, 2.75) is 27.3 Å². The third-order valence-electron chi connectivity index (χ3n) is 2.18. The van der Waals surface area contributed by atoms with E-state index in [4.69, 9.17) is 4.74 Å². The Balaban J connectivity index is 2.72. The molecule has 3 nitrogen and oxygen atoms in total. The molecular formula is C13H20N2O. The lowest BCUT2D eigenvalue weighted by Crippen LogP contribution is -2.14. The number of aryl methyl sites for hydroxylation is 1. The zero-order valence-electron chi connectivity index (χ0n) is 10.3. The molecule has 0 aromatic carbocycles. The Hall–Kier alpha value is -1.35. The van der Waals surface area contributed by atoms with Crippen LogP contribution in [0, 0.1) is 6.92 Å². The highest BCUT2D eigenvalue weighted by molar-refractivity contribution is 5.29. The average molecular weight is 220 g/mol. The zero-order valence-corrected chi connectivity index (χ0v) is 10.3. The van der Waals surface area contributed by atoms with Crippen LogP contribution in [0.4, 0.5) is 0 Å². The van der Waals surface area contributed by atoms with Gasteiger partial charge in [0.25, 0.3) is 0 Å². The highest BCUT2D eigenvalue weighted by atomic mass is 16.5. The van der Waals surface area contributed by atoms with Crippen molar-refractivity contribution >= 4 is 0 Å². The van der Waals surface area contributed by atoms with Crippen molar-refractivity contribution in [3.8, 4) is 5.75 Å². The van der Waals surface area contributed by atoms with Gasteiger partial charge in [-0.25, -0.2) is 0 Å². The fraction of sp³-hybridized carbons (Fsp3) is 0.462. The summed E-state index contributed by atoms with van der Waals surface area (Å²) >= 11 is 0. The van der Waals surface area contributed by atoms with Crippen molar-refractivity contribution in [3.63, 3.8) is 0 Å². The minimum atomic E-state index is 0.598. The van der Waals surface area contributed by atoms with Gasteiger partial charge in [-0.15, -0.1) is 0 Å². The number of ether oxygens (including phenoxy) is 1. The molecule has 1 heterocycles. The number of nitrogens with one attached hydrogen (secondary N) is 1. The zero-order chi connectivity index (χ0) is 11.8. The van der Waals surface area contributed by atoms with Crippen molar-refractivity contribution in [2.24, 2.45) is 0 Å². The summed E-state index contributed by atoms with van der Waals surface area (Å²) in [4.78, 5) is 4.48. The molecule has 1 aromatic rings. The van der Waals surface area contributed by atoms with Crippen LogP contribution in [-0.4, -0.2) is 18.1 Å². The molecule has 0 amide bonds. The van der Waals surface area contributed by atoms with E-state index in [1.54, 1.807) is 0 Å². The van der Waals surface area contributed by atoms with Crippen molar-refractivity contribution in [2.75, 3.05) is 13.2 Å². The molecule has 1 aromatic heterocycles. The first-order valence-electron chi connectivity index (χ1n) is 5.69. The summed E-state index contributed by atoms with van der Waals surface area (Å²) in [6.45, 7) is 8.34. The van der Waals surface area contributed by atoms with Crippen molar-refractivity contribution in [1.29, 1.82) is 0 Å². The van der Waals surface area contributed by atoms with E-state index in [1.807, 2.05) is 38.1 Å². The van der Waals surface area contributed by atoms with Crippen LogP contribution < -0.4 is 10.1 Å². The maximum atomic E-state index is 5.64. The molecule has 0 radical (unpaired) electrons. The molecule has 3 heteroatoms. The van der Waals surface area contributed by atoms with E-state index < -0.39 is 0 Å². The quantitative estimate of drug-likeness (QED) is 0.748. The molecule has 1 rings (SSSR count). The Labute approximate surface area is 97.5 Å². The molecule has 0 spiro atoms. The Kier molecular flexibility index (Phi) is 5.57. The maximum Gasteiger partial charge on any atom is 0.142 e. The van der Waals surface area contributed by atoms with Gasteiger partial charge in [0.15, 0.2) is 0 Å². The van der Waals surface area contributed by atoms with Crippen LogP contribution >= 0.6 is 0 Å². The fourth-order valence-electron chi connectivity index (χ4n) is 1.33. The third kappa shape index (κ3) is 4.03. The smallest absolute Gasteiger partial charge is 0.142 e. The summed E-state index contributed by atoms with van der Waals surface area (Å²) in [7, 11) is 0. The van der Waals surface area contributed by atoms with Gasteiger partial charge in [-0.2, -0.15) is 0 Å². The van der Waals surface area contributed by atoms with E-state index in [0.29, 0.717) is 6.61 Å². The lowest BCUT2D eigenvalue weighted by Gasteiger charge is -2.10. The predicted octanol–water partition coefficient (Wildman–Crippen LogP) is 2.45. The lowest BCUT2D eigenvalue weighted by atomic mass is 10.3. The molecule has 0 unspecified atom stereocenters. The van der Waals surface area contributed by atoms with Gasteiger partial charge < -0.3 is 10.1 Å². The largest absolute Gasteiger partial charge is 0.488 e. The van der Waals surface area contributed by atoms with E-state index in [1.165, 1.54) is 0 Å². The van der Waals surface area contributed by atoms with E-state index in [2.05, 4.69) is 17.2 Å². The Morgan fingerprint density at radius 2 is 2.25 bits per heavy atom. The van der Waals surface area contributed by atoms with Crippen LogP contribution in [0.1, 0.15) is 25.2 Å². The van der Waals surface area contributed by atoms with E-state index in [-0.39, 0.29) is 0 Å². The molecule has 88 valence electrons. The summed E-state index contributed by atoms with van der Waals surface area (Å²) in [5.41, 5.74) is 2.00. The van der Waals surface area contributed by atoms with Crippen LogP contribution in [0.2, 0.25) is 0 Å². The summed E-state index contributed by atoms with van der Waals surface area (Å²) in [5.74, 6) is 0.865. The van der Waals surface area contributed by atoms with Crippen LogP contribution in [0.3, 0.4) is 0 Å². The summed E-state index contributed by atoms with van der Waals surface area (Å²) in [5, 5.41) is 3.26. The Bertz CT molecular complexity index is 348. The second-order valence-corrected chi connectivity index (χ2v) is 3.56. The van der Waals surface area contributed by atoms with E-state index in [0.717, 1.165) is 30.2 Å². The van der Waals surface area contributed by atoms with Gasteiger partial charge in [0.1, 0.15) is 12.4 Å². The molecule has 0 aliphatic rings. The lowest BCUT2D eigenvalue weighted by molar-refractivity contribution is 0.355. The topological polar surface area (TPSA) is 34.1 Å². The van der Waals surface area contributed by atoms with Crippen LogP contribution in [0.25, 0.3) is 0 Å². The molecule has 0 aliphatic heterocycles. The highest BCUT2D eigenvalue weighted by Crippen LogP contribution is 2.16. The minimum absolute atomic E-state index is 0.598. The third-order valence-corrected chi connectivity index (χ3v) is 2.18. The highest BCUT2D eigenvalue weighted by Gasteiger charge is 2.04. The van der Waals surface area contributed by atoms with Gasteiger partial charge in [0.05, 0.1) is 5.69 Å². The first kappa shape index (κ1) is 12.7. The number of rotatable bonds is 6. The Morgan fingerprint density at radius 3 is 2.94 bits per heavy atom. The molecule has 0 aliphatic carbocycles. The number of aromatic nitrogens is 1. The van der Waals surface area contributed by atoms with Crippen LogP contribution in [0.5, 0.6) is 5.75 Å². The second-order valence-electron chi connectivity index (χ2n) is 3.56.